The largest absolute Gasteiger partial charge is 0.382 e. The van der Waals surface area contributed by atoms with Crippen molar-refractivity contribution in [2.75, 3.05) is 11.1 Å². The van der Waals surface area contributed by atoms with Gasteiger partial charge >= 0.3 is 0 Å². The number of nitrogens with one attached hydrogen (secondary N) is 1. The van der Waals surface area contributed by atoms with Gasteiger partial charge in [0.05, 0.1) is 0 Å². The Labute approximate surface area is 130 Å². The second kappa shape index (κ2) is 4.03. The van der Waals surface area contributed by atoms with E-state index in [4.69, 9.17) is 17.3 Å². The number of aromatic nitrogens is 2. The summed E-state index contributed by atoms with van der Waals surface area (Å²) in [6, 6.07) is 0. The zero-order valence-corrected chi connectivity index (χ0v) is 13.5. The summed E-state index contributed by atoms with van der Waals surface area (Å²) in [5.74, 6) is 1.90. The Balaban J connectivity index is 1.70. The molecule has 0 spiro atoms. The molecule has 4 fully saturated rings. The molecule has 1 aromatic rings. The Kier molecular flexibility index (Phi) is 2.62. The quantitative estimate of drug-likeness (QED) is 0.870. The van der Waals surface area contributed by atoms with Gasteiger partial charge in [0.15, 0.2) is 5.82 Å². The van der Waals surface area contributed by atoms with Crippen LogP contribution in [0, 0.1) is 16.7 Å². The van der Waals surface area contributed by atoms with Gasteiger partial charge in [-0.15, -0.1) is 0 Å². The van der Waals surface area contributed by atoms with Gasteiger partial charge in [0.25, 0.3) is 0 Å². The molecule has 0 radical (unpaired) electrons. The lowest BCUT2D eigenvalue weighted by molar-refractivity contribution is -0.0973. The molecule has 5 heteroatoms. The number of nitrogen functional groups attached to an aromatic ring is 1. The average molecular weight is 307 g/mol. The second-order valence-electron chi connectivity index (χ2n) is 8.46. The van der Waals surface area contributed by atoms with Crippen molar-refractivity contribution in [2.24, 2.45) is 16.7 Å². The van der Waals surface area contributed by atoms with Crippen molar-refractivity contribution >= 4 is 23.2 Å². The first-order valence-corrected chi connectivity index (χ1v) is 8.23. The Morgan fingerprint density at radius 3 is 2.43 bits per heavy atom. The minimum atomic E-state index is 0.132. The smallest absolute Gasteiger partial charge is 0.150 e. The molecule has 0 saturated heterocycles. The first kappa shape index (κ1) is 13.6. The number of rotatable bonds is 2. The molecule has 3 N–H and O–H groups in total. The van der Waals surface area contributed by atoms with E-state index in [1.165, 1.54) is 44.9 Å². The summed E-state index contributed by atoms with van der Waals surface area (Å²) in [5, 5.41) is 4.14. The summed E-state index contributed by atoms with van der Waals surface area (Å²) in [4.78, 5) is 8.28. The molecule has 0 aliphatic heterocycles. The molecule has 0 aromatic carbocycles. The van der Waals surface area contributed by atoms with Gasteiger partial charge in [-0.2, -0.15) is 0 Å². The maximum Gasteiger partial charge on any atom is 0.150 e. The maximum absolute atomic E-state index is 6.29. The molecule has 114 valence electrons. The van der Waals surface area contributed by atoms with Crippen molar-refractivity contribution in [3.05, 3.63) is 11.3 Å². The van der Waals surface area contributed by atoms with Crippen molar-refractivity contribution in [3.63, 3.8) is 0 Å². The van der Waals surface area contributed by atoms with Gasteiger partial charge in [0.1, 0.15) is 17.2 Å². The number of halogens is 1. The Hall–Kier alpha value is -1.03. The van der Waals surface area contributed by atoms with Crippen LogP contribution in [0.1, 0.15) is 52.4 Å². The van der Waals surface area contributed by atoms with E-state index in [-0.39, 0.29) is 5.54 Å². The van der Waals surface area contributed by atoms with Crippen LogP contribution in [0.3, 0.4) is 0 Å². The van der Waals surface area contributed by atoms with Crippen LogP contribution in [0.15, 0.2) is 6.33 Å². The fraction of sp³-hybridized carbons (Fsp3) is 0.750. The Morgan fingerprint density at radius 1 is 1.14 bits per heavy atom. The third-order valence-corrected chi connectivity index (χ3v) is 6.20. The third kappa shape index (κ3) is 2.10. The van der Waals surface area contributed by atoms with Crippen molar-refractivity contribution < 1.29 is 0 Å². The van der Waals surface area contributed by atoms with Crippen LogP contribution in [0.4, 0.5) is 11.6 Å². The maximum atomic E-state index is 6.29. The zero-order chi connectivity index (χ0) is 14.9. The van der Waals surface area contributed by atoms with E-state index in [9.17, 15) is 0 Å². The number of nitrogens with two attached hydrogens (primary N) is 1. The third-order valence-electron chi connectivity index (χ3n) is 5.83. The van der Waals surface area contributed by atoms with E-state index in [1.807, 2.05) is 0 Å². The minimum Gasteiger partial charge on any atom is -0.382 e. The first-order valence-electron chi connectivity index (χ1n) is 7.85. The van der Waals surface area contributed by atoms with Crippen LogP contribution in [-0.4, -0.2) is 15.5 Å². The second-order valence-corrected chi connectivity index (χ2v) is 8.83. The number of anilines is 2. The molecule has 5 rings (SSSR count). The average Bonchev–Trinajstić information content (AvgIpc) is 2.30. The summed E-state index contributed by atoms with van der Waals surface area (Å²) in [6.45, 7) is 4.92. The minimum absolute atomic E-state index is 0.132. The normalized spacial score (nSPS) is 44.0. The fourth-order valence-corrected chi connectivity index (χ4v) is 6.45. The van der Waals surface area contributed by atoms with Gasteiger partial charge in [0, 0.05) is 5.54 Å². The van der Waals surface area contributed by atoms with Crippen molar-refractivity contribution in [1.82, 2.24) is 9.97 Å². The standard InChI is InChI=1S/C16H23ClN4/c1-14-3-10-4-15(2,6-14)8-16(5-10,7-14)21-13-11(17)12(18)19-9-20-13/h9-10H,3-8H2,1-2H3,(H3,18,19,20,21). The molecule has 4 aliphatic carbocycles. The molecule has 4 bridgehead atoms. The van der Waals surface area contributed by atoms with Gasteiger partial charge < -0.3 is 11.1 Å². The molecule has 0 amide bonds. The van der Waals surface area contributed by atoms with Crippen molar-refractivity contribution in [3.8, 4) is 0 Å². The molecule has 2 unspecified atom stereocenters. The molecule has 4 aliphatic rings. The molecule has 2 atom stereocenters. The van der Waals surface area contributed by atoms with E-state index in [0.717, 1.165) is 5.92 Å². The number of nitrogens with zero attached hydrogens (tertiary/aromatic N) is 2. The summed E-state index contributed by atoms with van der Waals surface area (Å²) in [7, 11) is 0. The van der Waals surface area contributed by atoms with Crippen LogP contribution >= 0.6 is 11.6 Å². The first-order chi connectivity index (χ1) is 9.81. The van der Waals surface area contributed by atoms with Crippen LogP contribution in [0.2, 0.25) is 5.02 Å². The van der Waals surface area contributed by atoms with Crippen LogP contribution in [0.5, 0.6) is 0 Å². The van der Waals surface area contributed by atoms with Crippen molar-refractivity contribution in [2.45, 2.75) is 57.9 Å². The fourth-order valence-electron chi connectivity index (χ4n) is 6.31. The Bertz CT molecular complexity index is 584. The molecule has 21 heavy (non-hydrogen) atoms. The number of hydrogen-bond acceptors (Lipinski definition) is 4. The van der Waals surface area contributed by atoms with Crippen LogP contribution < -0.4 is 11.1 Å². The predicted molar refractivity (Wildman–Crippen MR) is 85.2 cm³/mol. The summed E-state index contributed by atoms with van der Waals surface area (Å²) >= 11 is 6.29. The van der Waals surface area contributed by atoms with E-state index in [1.54, 1.807) is 0 Å². The van der Waals surface area contributed by atoms with Gasteiger partial charge in [-0.05, 0) is 55.3 Å². The Morgan fingerprint density at radius 2 is 1.81 bits per heavy atom. The highest BCUT2D eigenvalue weighted by atomic mass is 35.5. The molecule has 4 saturated carbocycles. The summed E-state index contributed by atoms with van der Waals surface area (Å²) < 4.78 is 0. The van der Waals surface area contributed by atoms with Crippen LogP contribution in [-0.2, 0) is 0 Å². The lowest BCUT2D eigenvalue weighted by atomic mass is 9.43. The lowest BCUT2D eigenvalue weighted by Gasteiger charge is -2.65. The summed E-state index contributed by atoms with van der Waals surface area (Å²) in [5.41, 5.74) is 6.88. The van der Waals surface area contributed by atoms with Gasteiger partial charge in [-0.25, -0.2) is 9.97 Å². The highest BCUT2D eigenvalue weighted by Gasteiger charge is 2.60. The molecular weight excluding hydrogens is 284 g/mol. The lowest BCUT2D eigenvalue weighted by Crippen LogP contribution is -2.61. The highest BCUT2D eigenvalue weighted by Crippen LogP contribution is 2.66. The van der Waals surface area contributed by atoms with E-state index < -0.39 is 0 Å². The van der Waals surface area contributed by atoms with Gasteiger partial charge in [0.2, 0.25) is 0 Å². The van der Waals surface area contributed by atoms with Gasteiger partial charge in [-0.1, -0.05) is 25.4 Å². The molecule has 1 heterocycles. The zero-order valence-electron chi connectivity index (χ0n) is 12.7. The summed E-state index contributed by atoms with van der Waals surface area (Å²) in [6.07, 6.45) is 9.28. The van der Waals surface area contributed by atoms with Crippen LogP contribution in [0.25, 0.3) is 0 Å². The SMILES string of the molecule is CC12CC3CC(C)(C1)CC(Nc1ncnc(N)c1Cl)(C3)C2. The molecule has 1 aromatic heterocycles. The monoisotopic (exact) mass is 306 g/mol. The van der Waals surface area contributed by atoms with E-state index >= 15 is 0 Å². The predicted octanol–water partition coefficient (Wildman–Crippen LogP) is 3.87. The van der Waals surface area contributed by atoms with Crippen molar-refractivity contribution in [1.29, 1.82) is 0 Å². The van der Waals surface area contributed by atoms with Gasteiger partial charge in [-0.3, -0.25) is 0 Å². The van der Waals surface area contributed by atoms with E-state index in [2.05, 4.69) is 29.1 Å². The van der Waals surface area contributed by atoms with E-state index in [0.29, 0.717) is 27.5 Å². The number of hydrogen-bond donors (Lipinski definition) is 2. The molecule has 4 nitrogen and oxygen atoms in total. The molecular formula is C16H23ClN4. The highest BCUT2D eigenvalue weighted by molar-refractivity contribution is 6.35. The topological polar surface area (TPSA) is 63.8 Å².